The Morgan fingerprint density at radius 1 is 0.680 bits per heavy atom. The van der Waals surface area contributed by atoms with Gasteiger partial charge >= 0.3 is 0 Å². The number of pyridine rings is 1. The molecule has 4 rings (SSSR count). The van der Waals surface area contributed by atoms with Crippen LogP contribution < -0.4 is 9.47 Å². The van der Waals surface area contributed by atoms with Crippen molar-refractivity contribution in [1.29, 1.82) is 0 Å². The third-order valence-electron chi connectivity index (χ3n) is 3.86. The van der Waals surface area contributed by atoms with E-state index in [4.69, 9.17) is 9.47 Å². The minimum atomic E-state index is 0.484. The third-order valence-corrected chi connectivity index (χ3v) is 3.86. The zero-order valence-electron chi connectivity index (χ0n) is 13.6. The first kappa shape index (κ1) is 15.2. The summed E-state index contributed by atoms with van der Waals surface area (Å²) in [6.07, 6.45) is 1.79. The Morgan fingerprint density at radius 3 is 2.48 bits per heavy atom. The molecule has 3 nitrogen and oxygen atoms in total. The van der Waals surface area contributed by atoms with Gasteiger partial charge in [0.25, 0.3) is 0 Å². The van der Waals surface area contributed by atoms with Crippen LogP contribution in [0.3, 0.4) is 0 Å². The smallest absolute Gasteiger partial charge is 0.127 e. The maximum absolute atomic E-state index is 5.92. The van der Waals surface area contributed by atoms with Crippen LogP contribution in [0.4, 0.5) is 0 Å². The Morgan fingerprint density at radius 2 is 1.56 bits per heavy atom. The summed E-state index contributed by atoms with van der Waals surface area (Å²) < 4.78 is 11.8. The lowest BCUT2D eigenvalue weighted by Crippen LogP contribution is -1.96. The summed E-state index contributed by atoms with van der Waals surface area (Å²) in [5.74, 6) is 2.45. The SMILES string of the molecule is c1ccc(Oc2cccc(COc3ccc4ncccc4c3)c2)cc1. The third kappa shape index (κ3) is 3.78. The van der Waals surface area contributed by atoms with Gasteiger partial charge < -0.3 is 9.47 Å². The second-order valence-electron chi connectivity index (χ2n) is 5.71. The quantitative estimate of drug-likeness (QED) is 0.478. The molecule has 4 aromatic rings. The Hall–Kier alpha value is -3.33. The molecule has 0 atom stereocenters. The topological polar surface area (TPSA) is 31.4 Å². The molecule has 0 radical (unpaired) electrons. The van der Waals surface area contributed by atoms with Crippen molar-refractivity contribution in [3.05, 3.63) is 96.7 Å². The highest BCUT2D eigenvalue weighted by Gasteiger charge is 2.02. The second-order valence-corrected chi connectivity index (χ2v) is 5.71. The lowest BCUT2D eigenvalue weighted by atomic mass is 10.2. The Kier molecular flexibility index (Phi) is 4.29. The van der Waals surface area contributed by atoms with Gasteiger partial charge in [0.2, 0.25) is 0 Å². The van der Waals surface area contributed by atoms with E-state index in [0.29, 0.717) is 6.61 Å². The van der Waals surface area contributed by atoms with Crippen LogP contribution in [0.1, 0.15) is 5.56 Å². The van der Waals surface area contributed by atoms with E-state index in [2.05, 4.69) is 4.98 Å². The van der Waals surface area contributed by atoms with Crippen LogP contribution in [0.5, 0.6) is 17.2 Å². The van der Waals surface area contributed by atoms with Crippen molar-refractivity contribution in [3.8, 4) is 17.2 Å². The van der Waals surface area contributed by atoms with Crippen molar-refractivity contribution in [2.24, 2.45) is 0 Å². The molecule has 3 aromatic carbocycles. The second kappa shape index (κ2) is 7.05. The van der Waals surface area contributed by atoms with Crippen LogP contribution in [0.25, 0.3) is 10.9 Å². The molecule has 0 aliphatic rings. The molecule has 0 amide bonds. The van der Waals surface area contributed by atoms with Crippen LogP contribution in [0.15, 0.2) is 91.1 Å². The lowest BCUT2D eigenvalue weighted by Gasteiger charge is -2.10. The van der Waals surface area contributed by atoms with Crippen LogP contribution in [0.2, 0.25) is 0 Å². The minimum absolute atomic E-state index is 0.484. The number of para-hydroxylation sites is 1. The summed E-state index contributed by atoms with van der Waals surface area (Å²) in [5, 5.41) is 1.07. The van der Waals surface area contributed by atoms with Gasteiger partial charge in [-0.3, -0.25) is 4.98 Å². The summed E-state index contributed by atoms with van der Waals surface area (Å²) in [7, 11) is 0. The van der Waals surface area contributed by atoms with Crippen molar-refractivity contribution in [2.75, 3.05) is 0 Å². The lowest BCUT2D eigenvalue weighted by molar-refractivity contribution is 0.306. The van der Waals surface area contributed by atoms with Crippen molar-refractivity contribution < 1.29 is 9.47 Å². The molecule has 0 spiro atoms. The predicted octanol–water partition coefficient (Wildman–Crippen LogP) is 5.61. The van der Waals surface area contributed by atoms with Gasteiger partial charge in [0.05, 0.1) is 5.52 Å². The molecule has 25 heavy (non-hydrogen) atoms. The van der Waals surface area contributed by atoms with E-state index in [1.54, 1.807) is 6.20 Å². The number of hydrogen-bond donors (Lipinski definition) is 0. The molecule has 3 heteroatoms. The molecule has 0 bridgehead atoms. The molecule has 0 N–H and O–H groups in total. The van der Waals surface area contributed by atoms with Crippen LogP contribution in [-0.4, -0.2) is 4.98 Å². The average molecular weight is 327 g/mol. The molecule has 0 fully saturated rings. The highest BCUT2D eigenvalue weighted by atomic mass is 16.5. The molecule has 0 aliphatic carbocycles. The summed E-state index contributed by atoms with van der Waals surface area (Å²) in [6.45, 7) is 0.484. The summed E-state index contributed by atoms with van der Waals surface area (Å²) in [5.41, 5.74) is 2.02. The molecule has 1 heterocycles. The fourth-order valence-electron chi connectivity index (χ4n) is 2.63. The number of rotatable bonds is 5. The summed E-state index contributed by atoms with van der Waals surface area (Å²) in [4.78, 5) is 4.32. The van der Waals surface area contributed by atoms with Gasteiger partial charge in [-0.15, -0.1) is 0 Å². The molecular formula is C22H17NO2. The van der Waals surface area contributed by atoms with Crippen molar-refractivity contribution >= 4 is 10.9 Å². The van der Waals surface area contributed by atoms with Gasteiger partial charge in [0.15, 0.2) is 0 Å². The Balaban J connectivity index is 1.46. The number of fused-ring (bicyclic) bond motifs is 1. The average Bonchev–Trinajstić information content (AvgIpc) is 2.67. The number of hydrogen-bond acceptors (Lipinski definition) is 3. The number of aromatic nitrogens is 1. The van der Waals surface area contributed by atoms with Gasteiger partial charge in [0.1, 0.15) is 23.9 Å². The normalized spacial score (nSPS) is 10.6. The van der Waals surface area contributed by atoms with Gasteiger partial charge in [0, 0.05) is 11.6 Å². The number of nitrogens with zero attached hydrogens (tertiary/aromatic N) is 1. The highest BCUT2D eigenvalue weighted by Crippen LogP contribution is 2.23. The van der Waals surface area contributed by atoms with Gasteiger partial charge in [-0.2, -0.15) is 0 Å². The summed E-state index contributed by atoms with van der Waals surface area (Å²) in [6, 6.07) is 27.6. The van der Waals surface area contributed by atoms with Crippen LogP contribution in [0, 0.1) is 0 Å². The maximum atomic E-state index is 5.92. The first-order valence-electron chi connectivity index (χ1n) is 8.16. The van der Waals surface area contributed by atoms with E-state index in [1.165, 1.54) is 0 Å². The van der Waals surface area contributed by atoms with E-state index < -0.39 is 0 Å². The van der Waals surface area contributed by atoms with Crippen molar-refractivity contribution in [1.82, 2.24) is 4.98 Å². The van der Waals surface area contributed by atoms with E-state index >= 15 is 0 Å². The number of ether oxygens (including phenoxy) is 2. The highest BCUT2D eigenvalue weighted by molar-refractivity contribution is 5.79. The fourth-order valence-corrected chi connectivity index (χ4v) is 2.63. The Bertz CT molecular complexity index is 983. The molecular weight excluding hydrogens is 310 g/mol. The van der Waals surface area contributed by atoms with E-state index in [-0.39, 0.29) is 0 Å². The Labute approximate surface area is 146 Å². The predicted molar refractivity (Wildman–Crippen MR) is 99.0 cm³/mol. The first-order valence-corrected chi connectivity index (χ1v) is 8.16. The fraction of sp³-hybridized carbons (Fsp3) is 0.0455. The minimum Gasteiger partial charge on any atom is -0.489 e. The van der Waals surface area contributed by atoms with Crippen LogP contribution in [-0.2, 0) is 6.61 Å². The largest absolute Gasteiger partial charge is 0.489 e. The van der Waals surface area contributed by atoms with E-state index in [9.17, 15) is 0 Å². The first-order chi connectivity index (χ1) is 12.4. The molecule has 0 unspecified atom stereocenters. The summed E-state index contributed by atoms with van der Waals surface area (Å²) >= 11 is 0. The van der Waals surface area contributed by atoms with Crippen LogP contribution >= 0.6 is 0 Å². The molecule has 122 valence electrons. The van der Waals surface area contributed by atoms with Crippen molar-refractivity contribution in [2.45, 2.75) is 6.61 Å². The molecule has 0 aliphatic heterocycles. The number of benzene rings is 3. The molecule has 0 saturated carbocycles. The molecule has 0 saturated heterocycles. The maximum Gasteiger partial charge on any atom is 0.127 e. The standard InChI is InChI=1S/C22H17NO2/c1-2-8-19(9-3-1)25-21-10-4-6-17(14-21)16-24-20-11-12-22-18(15-20)7-5-13-23-22/h1-15H,16H2. The van der Waals surface area contributed by atoms with Gasteiger partial charge in [-0.05, 0) is 54.1 Å². The zero-order valence-corrected chi connectivity index (χ0v) is 13.6. The molecule has 1 aromatic heterocycles. The van der Waals surface area contributed by atoms with Gasteiger partial charge in [-0.1, -0.05) is 36.4 Å². The van der Waals surface area contributed by atoms with Gasteiger partial charge in [-0.25, -0.2) is 0 Å². The van der Waals surface area contributed by atoms with Crippen molar-refractivity contribution in [3.63, 3.8) is 0 Å². The zero-order chi connectivity index (χ0) is 16.9. The monoisotopic (exact) mass is 327 g/mol. The van der Waals surface area contributed by atoms with E-state index in [1.807, 2.05) is 84.9 Å². The van der Waals surface area contributed by atoms with E-state index in [0.717, 1.165) is 33.7 Å².